The topological polar surface area (TPSA) is 46.3 Å². The molecule has 1 rings (SSSR count). The maximum Gasteiger partial charge on any atom is 0.226 e. The zero-order chi connectivity index (χ0) is 9.68. The van der Waals surface area contributed by atoms with E-state index in [9.17, 15) is 4.79 Å². The molecule has 0 aromatic carbocycles. The van der Waals surface area contributed by atoms with Crippen LogP contribution in [0.1, 0.15) is 13.3 Å². The first-order chi connectivity index (χ1) is 6.29. The second kappa shape index (κ2) is 5.50. The number of thioether (sulfide) groups is 1. The lowest BCUT2D eigenvalue weighted by Crippen LogP contribution is -2.43. The normalized spacial score (nSPS) is 20.0. The predicted octanol–water partition coefficient (Wildman–Crippen LogP) is 0.547. The van der Waals surface area contributed by atoms with Crippen molar-refractivity contribution in [3.63, 3.8) is 0 Å². The third kappa shape index (κ3) is 2.88. The fourth-order valence-electron chi connectivity index (χ4n) is 1.48. The number of carbonyl (C=O) groups is 1. The van der Waals surface area contributed by atoms with Gasteiger partial charge in [-0.1, -0.05) is 6.92 Å². The lowest BCUT2D eigenvalue weighted by molar-refractivity contribution is -0.134. The summed E-state index contributed by atoms with van der Waals surface area (Å²) < 4.78 is 0. The smallest absolute Gasteiger partial charge is 0.226 e. The van der Waals surface area contributed by atoms with Crippen LogP contribution in [0.2, 0.25) is 0 Å². The molecular weight excluding hydrogens is 184 g/mol. The van der Waals surface area contributed by atoms with Gasteiger partial charge in [-0.25, -0.2) is 0 Å². The van der Waals surface area contributed by atoms with E-state index in [1.165, 1.54) is 0 Å². The molecule has 1 atom stereocenters. The lowest BCUT2D eigenvalue weighted by Gasteiger charge is -2.29. The van der Waals surface area contributed by atoms with Gasteiger partial charge in [-0.2, -0.15) is 11.8 Å². The van der Waals surface area contributed by atoms with E-state index in [0.29, 0.717) is 6.54 Å². The summed E-state index contributed by atoms with van der Waals surface area (Å²) in [5, 5.41) is 0. The van der Waals surface area contributed by atoms with Crippen molar-refractivity contribution in [2.24, 2.45) is 11.7 Å². The molecule has 1 aliphatic rings. The van der Waals surface area contributed by atoms with Gasteiger partial charge in [0.25, 0.3) is 0 Å². The minimum Gasteiger partial charge on any atom is -0.341 e. The van der Waals surface area contributed by atoms with E-state index in [1.54, 1.807) is 0 Å². The summed E-state index contributed by atoms with van der Waals surface area (Å²) in [7, 11) is 0. The Bertz CT molecular complexity index is 165. The van der Waals surface area contributed by atoms with Crippen molar-refractivity contribution >= 4 is 17.7 Å². The van der Waals surface area contributed by atoms with Gasteiger partial charge in [0.15, 0.2) is 0 Å². The van der Waals surface area contributed by atoms with Crippen molar-refractivity contribution in [2.45, 2.75) is 13.3 Å². The first kappa shape index (κ1) is 10.9. The van der Waals surface area contributed by atoms with Crippen LogP contribution in [-0.2, 0) is 4.79 Å². The van der Waals surface area contributed by atoms with E-state index in [-0.39, 0.29) is 11.8 Å². The monoisotopic (exact) mass is 202 g/mol. The molecule has 2 N–H and O–H groups in total. The third-order valence-corrected chi connectivity index (χ3v) is 3.39. The van der Waals surface area contributed by atoms with Crippen LogP contribution in [-0.4, -0.2) is 41.9 Å². The quantitative estimate of drug-likeness (QED) is 0.727. The van der Waals surface area contributed by atoms with Crippen LogP contribution in [0, 0.1) is 5.92 Å². The van der Waals surface area contributed by atoms with Crippen LogP contribution in [0.25, 0.3) is 0 Å². The molecule has 0 aromatic rings. The van der Waals surface area contributed by atoms with Gasteiger partial charge in [0, 0.05) is 31.1 Å². The van der Waals surface area contributed by atoms with Gasteiger partial charge in [0.2, 0.25) is 5.91 Å². The Hall–Kier alpha value is -0.220. The summed E-state index contributed by atoms with van der Waals surface area (Å²) >= 11 is 1.92. The van der Waals surface area contributed by atoms with Crippen LogP contribution in [0.5, 0.6) is 0 Å². The highest BCUT2D eigenvalue weighted by Crippen LogP contribution is 2.13. The molecular formula is C9H18N2OS. The molecule has 3 nitrogen and oxygen atoms in total. The van der Waals surface area contributed by atoms with E-state index in [4.69, 9.17) is 5.73 Å². The molecule has 1 unspecified atom stereocenters. The molecule has 4 heteroatoms. The highest BCUT2D eigenvalue weighted by atomic mass is 32.2. The Labute approximate surface area is 84.0 Å². The van der Waals surface area contributed by atoms with E-state index >= 15 is 0 Å². The molecule has 1 heterocycles. The number of carbonyl (C=O) groups excluding carboxylic acids is 1. The molecule has 0 bridgehead atoms. The highest BCUT2D eigenvalue weighted by Gasteiger charge is 2.22. The third-order valence-electron chi connectivity index (χ3n) is 2.45. The van der Waals surface area contributed by atoms with Crippen LogP contribution in [0.3, 0.4) is 0 Å². The Balaban J connectivity index is 2.44. The summed E-state index contributed by atoms with van der Waals surface area (Å²) in [6.45, 7) is 4.31. The zero-order valence-electron chi connectivity index (χ0n) is 8.16. The van der Waals surface area contributed by atoms with Gasteiger partial charge < -0.3 is 10.6 Å². The minimum atomic E-state index is 0.0445. The fraction of sp³-hybridized carbons (Fsp3) is 0.889. The van der Waals surface area contributed by atoms with Crippen molar-refractivity contribution in [1.29, 1.82) is 0 Å². The Morgan fingerprint density at radius 3 is 2.62 bits per heavy atom. The molecule has 1 aliphatic heterocycles. The second-order valence-electron chi connectivity index (χ2n) is 3.28. The minimum absolute atomic E-state index is 0.0445. The largest absolute Gasteiger partial charge is 0.341 e. The second-order valence-corrected chi connectivity index (χ2v) is 4.50. The van der Waals surface area contributed by atoms with E-state index in [2.05, 4.69) is 0 Å². The summed E-state index contributed by atoms with van der Waals surface area (Å²) in [6.07, 6.45) is 0.860. The molecule has 0 aromatic heterocycles. The molecule has 13 heavy (non-hydrogen) atoms. The summed E-state index contributed by atoms with van der Waals surface area (Å²) in [4.78, 5) is 13.8. The van der Waals surface area contributed by atoms with Crippen molar-refractivity contribution in [3.8, 4) is 0 Å². The Morgan fingerprint density at radius 2 is 2.15 bits per heavy atom. The maximum atomic E-state index is 11.8. The average molecular weight is 202 g/mol. The molecule has 0 aliphatic carbocycles. The fourth-order valence-corrected chi connectivity index (χ4v) is 2.39. The van der Waals surface area contributed by atoms with E-state index < -0.39 is 0 Å². The standard InChI is InChI=1S/C9H18N2OS/c1-2-8(7-10)9(12)11-3-5-13-6-4-11/h8H,2-7,10H2,1H3. The first-order valence-corrected chi connectivity index (χ1v) is 6.01. The molecule has 1 amide bonds. The summed E-state index contributed by atoms with van der Waals surface area (Å²) in [5.74, 6) is 2.45. The molecule has 0 saturated carbocycles. The van der Waals surface area contributed by atoms with Crippen LogP contribution in [0.4, 0.5) is 0 Å². The maximum absolute atomic E-state index is 11.8. The van der Waals surface area contributed by atoms with Crippen molar-refractivity contribution in [2.75, 3.05) is 31.1 Å². The first-order valence-electron chi connectivity index (χ1n) is 4.86. The van der Waals surface area contributed by atoms with Crippen LogP contribution < -0.4 is 5.73 Å². The summed E-state index contributed by atoms with van der Waals surface area (Å²) in [5.41, 5.74) is 5.54. The van der Waals surface area contributed by atoms with Crippen molar-refractivity contribution < 1.29 is 4.79 Å². The van der Waals surface area contributed by atoms with Gasteiger partial charge in [-0.15, -0.1) is 0 Å². The molecule has 1 saturated heterocycles. The number of nitrogens with zero attached hydrogens (tertiary/aromatic N) is 1. The predicted molar refractivity (Wildman–Crippen MR) is 56.7 cm³/mol. The van der Waals surface area contributed by atoms with Gasteiger partial charge >= 0.3 is 0 Å². The lowest BCUT2D eigenvalue weighted by atomic mass is 10.1. The number of nitrogens with two attached hydrogens (primary N) is 1. The molecule has 1 fully saturated rings. The van der Waals surface area contributed by atoms with E-state index in [1.807, 2.05) is 23.6 Å². The SMILES string of the molecule is CCC(CN)C(=O)N1CCSCC1. The number of hydrogen-bond donors (Lipinski definition) is 1. The van der Waals surface area contributed by atoms with Crippen LogP contribution >= 0.6 is 11.8 Å². The van der Waals surface area contributed by atoms with E-state index in [0.717, 1.165) is 31.0 Å². The highest BCUT2D eigenvalue weighted by molar-refractivity contribution is 7.99. The molecule has 0 radical (unpaired) electrons. The molecule has 76 valence electrons. The van der Waals surface area contributed by atoms with Crippen molar-refractivity contribution in [3.05, 3.63) is 0 Å². The van der Waals surface area contributed by atoms with Crippen LogP contribution in [0.15, 0.2) is 0 Å². The number of amides is 1. The zero-order valence-corrected chi connectivity index (χ0v) is 8.98. The number of rotatable bonds is 3. The van der Waals surface area contributed by atoms with Gasteiger partial charge in [0.05, 0.1) is 5.92 Å². The molecule has 0 spiro atoms. The van der Waals surface area contributed by atoms with Gasteiger partial charge in [-0.3, -0.25) is 4.79 Å². The number of hydrogen-bond acceptors (Lipinski definition) is 3. The van der Waals surface area contributed by atoms with Gasteiger partial charge in [0.1, 0.15) is 0 Å². The van der Waals surface area contributed by atoms with Crippen molar-refractivity contribution in [1.82, 2.24) is 4.90 Å². The Kier molecular flexibility index (Phi) is 4.59. The average Bonchev–Trinajstić information content (AvgIpc) is 2.21. The van der Waals surface area contributed by atoms with Gasteiger partial charge in [-0.05, 0) is 6.42 Å². The summed E-state index contributed by atoms with van der Waals surface area (Å²) in [6, 6.07) is 0. The Morgan fingerprint density at radius 1 is 1.54 bits per heavy atom.